The van der Waals surface area contributed by atoms with Crippen molar-refractivity contribution < 1.29 is 17.2 Å². The summed E-state index contributed by atoms with van der Waals surface area (Å²) in [5.41, 5.74) is 1.08. The van der Waals surface area contributed by atoms with Crippen LogP contribution in [0, 0.1) is 11.3 Å². The number of sulfone groups is 1. The summed E-state index contributed by atoms with van der Waals surface area (Å²) in [6, 6.07) is 5.51. The molecule has 0 aromatic heterocycles. The Hall–Kier alpha value is -1.17. The van der Waals surface area contributed by atoms with E-state index >= 15 is 0 Å². The Morgan fingerprint density at radius 1 is 1.20 bits per heavy atom. The number of hydrogen-bond acceptors (Lipinski definition) is 3. The molecule has 0 heterocycles. The van der Waals surface area contributed by atoms with Crippen LogP contribution in [0.1, 0.15) is 26.7 Å². The van der Waals surface area contributed by atoms with Crippen molar-refractivity contribution in [2.75, 3.05) is 11.9 Å². The molecule has 0 radical (unpaired) electrons. The summed E-state index contributed by atoms with van der Waals surface area (Å²) < 4.78 is 47.4. The third-order valence-electron chi connectivity index (χ3n) is 4.18. The highest BCUT2D eigenvalue weighted by molar-refractivity contribution is 7.91. The van der Waals surface area contributed by atoms with Crippen molar-refractivity contribution in [3.63, 3.8) is 0 Å². The van der Waals surface area contributed by atoms with Crippen molar-refractivity contribution in [1.29, 1.82) is 0 Å². The number of alkyl halides is 2. The Kier molecular flexibility index (Phi) is 4.04. The minimum absolute atomic E-state index is 0.327. The van der Waals surface area contributed by atoms with Gasteiger partial charge in [0.2, 0.25) is 9.84 Å². The standard InChI is InChI=1S/C14H19F2NO2S/c1-10(2)14(7-8-14)9-17-11-3-5-12(6-4-11)20(18,19)13(15)16/h3-6,10,13,17H,7-9H2,1-2H3. The van der Waals surface area contributed by atoms with Gasteiger partial charge in [0.25, 0.3) is 0 Å². The highest BCUT2D eigenvalue weighted by Gasteiger charge is 2.44. The lowest BCUT2D eigenvalue weighted by Crippen LogP contribution is -2.20. The third kappa shape index (κ3) is 2.95. The van der Waals surface area contributed by atoms with Gasteiger partial charge in [0.05, 0.1) is 4.90 Å². The fraction of sp³-hybridized carbons (Fsp3) is 0.571. The monoisotopic (exact) mass is 303 g/mol. The second-order valence-electron chi connectivity index (χ2n) is 5.70. The van der Waals surface area contributed by atoms with Crippen LogP contribution in [-0.2, 0) is 9.84 Å². The number of rotatable bonds is 6. The van der Waals surface area contributed by atoms with Gasteiger partial charge in [-0.2, -0.15) is 8.78 Å². The minimum Gasteiger partial charge on any atom is -0.384 e. The van der Waals surface area contributed by atoms with Crippen molar-refractivity contribution in [3.05, 3.63) is 24.3 Å². The molecule has 1 aromatic carbocycles. The maximum atomic E-state index is 12.4. The highest BCUT2D eigenvalue weighted by atomic mass is 32.2. The molecule has 0 saturated heterocycles. The van der Waals surface area contributed by atoms with Crippen molar-refractivity contribution in [3.8, 4) is 0 Å². The van der Waals surface area contributed by atoms with Gasteiger partial charge in [0.15, 0.2) is 0 Å². The molecule has 1 N–H and O–H groups in total. The lowest BCUT2D eigenvalue weighted by molar-refractivity contribution is 0.234. The zero-order valence-electron chi connectivity index (χ0n) is 11.6. The SMILES string of the molecule is CC(C)C1(CNc2ccc(S(=O)(=O)C(F)F)cc2)CC1. The molecule has 2 rings (SSSR count). The molecule has 1 fully saturated rings. The predicted molar refractivity (Wildman–Crippen MR) is 74.6 cm³/mol. The van der Waals surface area contributed by atoms with Crippen LogP contribution in [0.4, 0.5) is 14.5 Å². The van der Waals surface area contributed by atoms with Crippen LogP contribution >= 0.6 is 0 Å². The summed E-state index contributed by atoms with van der Waals surface area (Å²) in [6.45, 7) is 5.20. The number of nitrogens with one attached hydrogen (secondary N) is 1. The summed E-state index contributed by atoms with van der Waals surface area (Å²) >= 11 is 0. The second kappa shape index (κ2) is 5.31. The largest absolute Gasteiger partial charge is 0.384 e. The Morgan fingerprint density at radius 2 is 1.75 bits per heavy atom. The number of anilines is 1. The quantitative estimate of drug-likeness (QED) is 0.874. The minimum atomic E-state index is -4.50. The molecule has 6 heteroatoms. The van der Waals surface area contributed by atoms with E-state index in [9.17, 15) is 17.2 Å². The fourth-order valence-corrected chi connectivity index (χ4v) is 2.98. The Morgan fingerprint density at radius 3 is 2.15 bits per heavy atom. The lowest BCUT2D eigenvalue weighted by atomic mass is 9.92. The number of hydrogen-bond donors (Lipinski definition) is 1. The topological polar surface area (TPSA) is 46.2 Å². The summed E-state index contributed by atoms with van der Waals surface area (Å²) in [4.78, 5) is -0.344. The summed E-state index contributed by atoms with van der Waals surface area (Å²) in [7, 11) is -4.50. The molecular formula is C14H19F2NO2S. The van der Waals surface area contributed by atoms with Gasteiger partial charge < -0.3 is 5.32 Å². The molecule has 0 aliphatic heterocycles. The Labute approximate surface area is 118 Å². The van der Waals surface area contributed by atoms with E-state index in [4.69, 9.17) is 0 Å². The van der Waals surface area contributed by atoms with E-state index in [1.807, 2.05) is 0 Å². The van der Waals surface area contributed by atoms with Crippen LogP contribution in [0.2, 0.25) is 0 Å². The van der Waals surface area contributed by atoms with E-state index in [0.29, 0.717) is 11.3 Å². The normalized spacial score (nSPS) is 17.5. The molecule has 0 bridgehead atoms. The second-order valence-corrected chi connectivity index (χ2v) is 7.62. The first-order chi connectivity index (χ1) is 9.28. The van der Waals surface area contributed by atoms with E-state index in [-0.39, 0.29) is 4.90 Å². The van der Waals surface area contributed by atoms with Gasteiger partial charge in [-0.15, -0.1) is 0 Å². The zero-order valence-corrected chi connectivity index (χ0v) is 12.4. The van der Waals surface area contributed by atoms with Gasteiger partial charge in [-0.05, 0) is 48.4 Å². The van der Waals surface area contributed by atoms with Crippen LogP contribution in [0.25, 0.3) is 0 Å². The van der Waals surface area contributed by atoms with Crippen molar-refractivity contribution in [2.24, 2.45) is 11.3 Å². The molecule has 1 aromatic rings. The molecule has 112 valence electrons. The summed E-state index contributed by atoms with van der Waals surface area (Å²) in [5.74, 6) is -2.79. The van der Waals surface area contributed by atoms with Crippen LogP contribution in [0.3, 0.4) is 0 Å². The summed E-state index contributed by atoms with van der Waals surface area (Å²) in [5, 5.41) is 3.25. The van der Waals surface area contributed by atoms with Gasteiger partial charge in [-0.25, -0.2) is 8.42 Å². The molecule has 1 aliphatic carbocycles. The van der Waals surface area contributed by atoms with Crippen LogP contribution in [0.5, 0.6) is 0 Å². The predicted octanol–water partition coefficient (Wildman–Crippen LogP) is 3.53. The summed E-state index contributed by atoms with van der Waals surface area (Å²) in [6.07, 6.45) is 2.38. The van der Waals surface area contributed by atoms with Crippen molar-refractivity contribution in [1.82, 2.24) is 0 Å². The Balaban J connectivity index is 2.03. The molecule has 0 amide bonds. The molecule has 0 atom stereocenters. The first-order valence-electron chi connectivity index (χ1n) is 6.64. The Bertz CT molecular complexity index is 563. The van der Waals surface area contributed by atoms with E-state index in [1.165, 1.54) is 37.1 Å². The van der Waals surface area contributed by atoms with Crippen LogP contribution in [0.15, 0.2) is 29.2 Å². The maximum absolute atomic E-state index is 12.4. The van der Waals surface area contributed by atoms with Gasteiger partial charge in [-0.1, -0.05) is 13.8 Å². The van der Waals surface area contributed by atoms with Gasteiger partial charge in [0.1, 0.15) is 0 Å². The average molecular weight is 303 g/mol. The maximum Gasteiger partial charge on any atom is 0.341 e. The average Bonchev–Trinajstić information content (AvgIpc) is 3.18. The van der Waals surface area contributed by atoms with E-state index in [0.717, 1.165) is 12.2 Å². The molecule has 0 spiro atoms. The van der Waals surface area contributed by atoms with Crippen molar-refractivity contribution in [2.45, 2.75) is 37.3 Å². The smallest absolute Gasteiger partial charge is 0.341 e. The van der Waals surface area contributed by atoms with Crippen LogP contribution in [-0.4, -0.2) is 20.7 Å². The highest BCUT2D eigenvalue weighted by Crippen LogP contribution is 2.51. The molecule has 0 unspecified atom stereocenters. The molecule has 20 heavy (non-hydrogen) atoms. The molecule has 1 aliphatic rings. The van der Waals surface area contributed by atoms with Crippen molar-refractivity contribution >= 4 is 15.5 Å². The van der Waals surface area contributed by atoms with Crippen LogP contribution < -0.4 is 5.32 Å². The molecule has 3 nitrogen and oxygen atoms in total. The first-order valence-corrected chi connectivity index (χ1v) is 8.18. The van der Waals surface area contributed by atoms with Gasteiger partial charge in [0, 0.05) is 12.2 Å². The van der Waals surface area contributed by atoms with Gasteiger partial charge >= 0.3 is 5.76 Å². The lowest BCUT2D eigenvalue weighted by Gasteiger charge is -2.20. The van der Waals surface area contributed by atoms with E-state index < -0.39 is 15.6 Å². The van der Waals surface area contributed by atoms with E-state index in [2.05, 4.69) is 19.2 Å². The zero-order chi connectivity index (χ0) is 15.0. The third-order valence-corrected chi connectivity index (χ3v) is 5.58. The number of halogens is 2. The number of benzene rings is 1. The molecule has 1 saturated carbocycles. The van der Waals surface area contributed by atoms with Gasteiger partial charge in [-0.3, -0.25) is 0 Å². The fourth-order valence-electron chi connectivity index (χ4n) is 2.26. The molecular weight excluding hydrogens is 284 g/mol. The van der Waals surface area contributed by atoms with E-state index in [1.54, 1.807) is 0 Å². The first kappa shape index (κ1) is 15.2.